The Kier molecular flexibility index (Phi) is 3.53. The van der Waals surface area contributed by atoms with Crippen molar-refractivity contribution in [2.45, 2.75) is 27.3 Å². The van der Waals surface area contributed by atoms with Gasteiger partial charge in [0, 0.05) is 11.1 Å². The molecule has 0 aliphatic carbocycles. The number of benzene rings is 1. The van der Waals surface area contributed by atoms with Crippen molar-refractivity contribution >= 4 is 11.1 Å². The molecule has 0 amide bonds. The van der Waals surface area contributed by atoms with Crippen molar-refractivity contribution in [3.8, 4) is 11.5 Å². The summed E-state index contributed by atoms with van der Waals surface area (Å²) in [5, 5.41) is 0.518. The summed E-state index contributed by atoms with van der Waals surface area (Å²) in [4.78, 5) is 21.6. The van der Waals surface area contributed by atoms with Crippen LogP contribution >= 0.6 is 0 Å². The molecule has 0 radical (unpaired) electrons. The Balaban J connectivity index is 1.75. The quantitative estimate of drug-likeness (QED) is 0.572. The Labute approximate surface area is 143 Å². The first-order valence-electron chi connectivity index (χ1n) is 8.01. The summed E-state index contributed by atoms with van der Waals surface area (Å²) >= 11 is 0. The molecule has 0 saturated carbocycles. The fourth-order valence-corrected chi connectivity index (χ4v) is 2.82. The number of hydrogen-bond acceptors (Lipinski definition) is 5. The van der Waals surface area contributed by atoms with E-state index in [0.717, 1.165) is 11.1 Å². The molecule has 0 bridgehead atoms. The van der Waals surface area contributed by atoms with E-state index in [0.29, 0.717) is 40.7 Å². The van der Waals surface area contributed by atoms with Crippen molar-refractivity contribution in [1.29, 1.82) is 0 Å². The minimum absolute atomic E-state index is 0.136. The smallest absolute Gasteiger partial charge is 0.265 e. The minimum Gasteiger partial charge on any atom is -0.443 e. The average molecular weight is 335 g/mol. The average Bonchev–Trinajstić information content (AvgIpc) is 3.12. The number of nitrogens with zero attached hydrogens (tertiary/aromatic N) is 3. The monoisotopic (exact) mass is 335 g/mol. The van der Waals surface area contributed by atoms with Gasteiger partial charge in [0.05, 0.1) is 6.54 Å². The Bertz CT molecular complexity index is 1120. The Morgan fingerprint density at radius 2 is 1.80 bits per heavy atom. The number of rotatable bonds is 3. The van der Waals surface area contributed by atoms with E-state index >= 15 is 0 Å². The first kappa shape index (κ1) is 15.4. The van der Waals surface area contributed by atoms with Crippen LogP contribution in [0.4, 0.5) is 0 Å². The number of aryl methyl sites for hydroxylation is 3. The van der Waals surface area contributed by atoms with Crippen LogP contribution in [-0.2, 0) is 6.54 Å². The van der Waals surface area contributed by atoms with E-state index in [2.05, 4.69) is 9.97 Å². The van der Waals surface area contributed by atoms with Gasteiger partial charge in [-0.25, -0.2) is 9.97 Å². The fourth-order valence-electron chi connectivity index (χ4n) is 2.82. The minimum atomic E-state index is -0.136. The molecule has 25 heavy (non-hydrogen) atoms. The van der Waals surface area contributed by atoms with Crippen LogP contribution in [0.3, 0.4) is 0 Å². The maximum atomic E-state index is 12.8. The molecule has 1 aromatic carbocycles. The molecule has 3 aromatic heterocycles. The van der Waals surface area contributed by atoms with E-state index in [4.69, 9.17) is 8.83 Å². The predicted molar refractivity (Wildman–Crippen MR) is 93.5 cm³/mol. The third-order valence-electron chi connectivity index (χ3n) is 4.39. The van der Waals surface area contributed by atoms with E-state index in [1.165, 1.54) is 10.9 Å². The van der Waals surface area contributed by atoms with Crippen molar-refractivity contribution < 1.29 is 8.83 Å². The maximum absolute atomic E-state index is 12.8. The number of fused-ring (bicyclic) bond motifs is 1. The van der Waals surface area contributed by atoms with E-state index in [-0.39, 0.29) is 5.56 Å². The van der Waals surface area contributed by atoms with Crippen molar-refractivity contribution in [3.63, 3.8) is 0 Å². The Hall–Kier alpha value is -3.15. The largest absolute Gasteiger partial charge is 0.443 e. The molecule has 0 aliphatic rings. The van der Waals surface area contributed by atoms with Gasteiger partial charge in [-0.2, -0.15) is 0 Å². The van der Waals surface area contributed by atoms with Gasteiger partial charge >= 0.3 is 0 Å². The SMILES string of the molecule is Cc1oc(-c2ccccc2)nc1Cn1cnc2oc(C)c(C)c2c1=O. The second-order valence-electron chi connectivity index (χ2n) is 6.03. The molecule has 3 heterocycles. The molecule has 0 saturated heterocycles. The lowest BCUT2D eigenvalue weighted by Gasteiger charge is -2.02. The summed E-state index contributed by atoms with van der Waals surface area (Å²) in [7, 11) is 0. The van der Waals surface area contributed by atoms with Crippen LogP contribution in [0.25, 0.3) is 22.6 Å². The van der Waals surface area contributed by atoms with Crippen molar-refractivity contribution in [2.24, 2.45) is 0 Å². The number of hydrogen-bond donors (Lipinski definition) is 0. The van der Waals surface area contributed by atoms with E-state index in [1.807, 2.05) is 51.1 Å². The summed E-state index contributed by atoms with van der Waals surface area (Å²) in [6.07, 6.45) is 1.49. The van der Waals surface area contributed by atoms with Crippen LogP contribution in [0.5, 0.6) is 0 Å². The third kappa shape index (κ3) is 2.55. The molecular formula is C19H17N3O3. The van der Waals surface area contributed by atoms with Crippen LogP contribution in [0, 0.1) is 20.8 Å². The molecule has 0 unspecified atom stereocenters. The normalized spacial score (nSPS) is 11.3. The van der Waals surface area contributed by atoms with Gasteiger partial charge in [-0.1, -0.05) is 18.2 Å². The topological polar surface area (TPSA) is 74.1 Å². The second-order valence-corrected chi connectivity index (χ2v) is 6.03. The van der Waals surface area contributed by atoms with Crippen LogP contribution in [0.15, 0.2) is 50.3 Å². The molecule has 4 rings (SSSR count). The van der Waals surface area contributed by atoms with Gasteiger partial charge in [0.15, 0.2) is 0 Å². The standard InChI is InChI=1S/C19H17N3O3/c1-11-12(2)24-18-16(11)19(23)22(10-20-18)9-15-13(3)25-17(21-15)14-7-5-4-6-8-14/h4-8,10H,9H2,1-3H3. The molecule has 6 heteroatoms. The van der Waals surface area contributed by atoms with Crippen molar-refractivity contribution in [1.82, 2.24) is 14.5 Å². The highest BCUT2D eigenvalue weighted by Crippen LogP contribution is 2.22. The van der Waals surface area contributed by atoms with Crippen molar-refractivity contribution in [2.75, 3.05) is 0 Å². The van der Waals surface area contributed by atoms with Gasteiger partial charge < -0.3 is 8.83 Å². The third-order valence-corrected chi connectivity index (χ3v) is 4.39. The zero-order valence-electron chi connectivity index (χ0n) is 14.2. The lowest BCUT2D eigenvalue weighted by Crippen LogP contribution is -2.21. The number of furan rings is 1. The zero-order valence-corrected chi connectivity index (χ0v) is 14.2. The lowest BCUT2D eigenvalue weighted by atomic mass is 10.2. The maximum Gasteiger partial charge on any atom is 0.265 e. The summed E-state index contributed by atoms with van der Waals surface area (Å²) in [5.74, 6) is 1.94. The van der Waals surface area contributed by atoms with Gasteiger partial charge in [0.1, 0.15) is 28.9 Å². The molecule has 4 aromatic rings. The molecule has 0 atom stereocenters. The molecule has 0 N–H and O–H groups in total. The first-order chi connectivity index (χ1) is 12.0. The molecular weight excluding hydrogens is 318 g/mol. The predicted octanol–water partition coefficient (Wildman–Crippen LogP) is 3.62. The van der Waals surface area contributed by atoms with Crippen LogP contribution in [0.2, 0.25) is 0 Å². The highest BCUT2D eigenvalue weighted by atomic mass is 16.4. The van der Waals surface area contributed by atoms with Gasteiger partial charge in [0.25, 0.3) is 5.56 Å². The van der Waals surface area contributed by atoms with E-state index in [9.17, 15) is 4.79 Å². The highest BCUT2D eigenvalue weighted by Gasteiger charge is 2.16. The summed E-state index contributed by atoms with van der Waals surface area (Å²) in [6.45, 7) is 5.84. The number of oxazole rings is 1. The number of aromatic nitrogens is 3. The van der Waals surface area contributed by atoms with E-state index < -0.39 is 0 Å². The van der Waals surface area contributed by atoms with Crippen LogP contribution in [-0.4, -0.2) is 14.5 Å². The first-order valence-corrected chi connectivity index (χ1v) is 8.01. The Morgan fingerprint density at radius 1 is 1.04 bits per heavy atom. The Morgan fingerprint density at radius 3 is 2.56 bits per heavy atom. The van der Waals surface area contributed by atoms with Gasteiger partial charge in [0.2, 0.25) is 11.6 Å². The van der Waals surface area contributed by atoms with Crippen LogP contribution in [0.1, 0.15) is 22.8 Å². The fraction of sp³-hybridized carbons (Fsp3) is 0.211. The highest BCUT2D eigenvalue weighted by molar-refractivity contribution is 5.77. The van der Waals surface area contributed by atoms with Crippen LogP contribution < -0.4 is 5.56 Å². The molecule has 6 nitrogen and oxygen atoms in total. The van der Waals surface area contributed by atoms with Crippen molar-refractivity contribution in [3.05, 3.63) is 69.8 Å². The van der Waals surface area contributed by atoms with Gasteiger partial charge in [-0.15, -0.1) is 0 Å². The molecule has 0 spiro atoms. The summed E-state index contributed by atoms with van der Waals surface area (Å²) in [6, 6.07) is 9.68. The van der Waals surface area contributed by atoms with Gasteiger partial charge in [-0.3, -0.25) is 9.36 Å². The lowest BCUT2D eigenvalue weighted by molar-refractivity contribution is 0.537. The van der Waals surface area contributed by atoms with E-state index in [1.54, 1.807) is 0 Å². The molecule has 126 valence electrons. The molecule has 0 aliphatic heterocycles. The zero-order chi connectivity index (χ0) is 17.6. The molecule has 0 fully saturated rings. The summed E-state index contributed by atoms with van der Waals surface area (Å²) < 4.78 is 12.8. The van der Waals surface area contributed by atoms with Gasteiger partial charge in [-0.05, 0) is 32.9 Å². The summed E-state index contributed by atoms with van der Waals surface area (Å²) in [5.41, 5.74) is 2.67. The second kappa shape index (κ2) is 5.73.